The van der Waals surface area contributed by atoms with Gasteiger partial charge in [0, 0.05) is 37.5 Å². The van der Waals surface area contributed by atoms with Crippen LogP contribution in [-0.4, -0.2) is 78.6 Å². The highest BCUT2D eigenvalue weighted by molar-refractivity contribution is 5.90. The molecule has 9 nitrogen and oxygen atoms in total. The van der Waals surface area contributed by atoms with Crippen LogP contribution in [0.3, 0.4) is 0 Å². The number of halogens is 1. The van der Waals surface area contributed by atoms with E-state index in [1.54, 1.807) is 6.07 Å². The van der Waals surface area contributed by atoms with Crippen LogP contribution in [0.25, 0.3) is 22.3 Å². The summed E-state index contributed by atoms with van der Waals surface area (Å²) in [6.07, 6.45) is 1.49. The minimum atomic E-state index is -0.541. The molecule has 5 rings (SSSR count). The number of rotatable bonds is 5. The average molecular weight is 469 g/mol. The Balaban J connectivity index is 1.63. The van der Waals surface area contributed by atoms with Crippen LogP contribution in [0.4, 0.5) is 16.2 Å². The van der Waals surface area contributed by atoms with Crippen LogP contribution >= 0.6 is 0 Å². The van der Waals surface area contributed by atoms with E-state index >= 15 is 0 Å². The lowest BCUT2D eigenvalue weighted by atomic mass is 10.1. The minimum Gasteiger partial charge on any atom is -0.380 e. The second kappa shape index (κ2) is 9.73. The SMILES string of the molecule is COCc1cc(-c2ccc3c(N4CCOC[C@@H]4C)nc(N4CCOC[C@@H]4C)nc3n2)cnc1F. The molecule has 2 aliphatic heterocycles. The third-order valence-corrected chi connectivity index (χ3v) is 6.30. The molecular weight excluding hydrogens is 439 g/mol. The highest BCUT2D eigenvalue weighted by Gasteiger charge is 2.27. The summed E-state index contributed by atoms with van der Waals surface area (Å²) in [6.45, 7) is 8.39. The van der Waals surface area contributed by atoms with Gasteiger partial charge in [0.1, 0.15) is 5.82 Å². The average Bonchev–Trinajstić information content (AvgIpc) is 2.85. The molecule has 3 aromatic heterocycles. The lowest BCUT2D eigenvalue weighted by Crippen LogP contribution is -2.46. The van der Waals surface area contributed by atoms with E-state index in [1.807, 2.05) is 12.1 Å². The molecule has 0 unspecified atom stereocenters. The number of pyridine rings is 2. The molecule has 0 spiro atoms. The molecule has 0 radical (unpaired) electrons. The van der Waals surface area contributed by atoms with E-state index in [2.05, 4.69) is 28.6 Å². The van der Waals surface area contributed by atoms with Crippen molar-refractivity contribution in [2.75, 3.05) is 56.4 Å². The first-order chi connectivity index (χ1) is 16.5. The molecule has 3 aromatic rings. The molecule has 2 fully saturated rings. The molecule has 0 N–H and O–H groups in total. The molecule has 2 saturated heterocycles. The summed E-state index contributed by atoms with van der Waals surface area (Å²) in [6, 6.07) is 5.95. The maximum atomic E-state index is 14.1. The van der Waals surface area contributed by atoms with Gasteiger partial charge in [-0.15, -0.1) is 0 Å². The van der Waals surface area contributed by atoms with E-state index in [9.17, 15) is 4.39 Å². The van der Waals surface area contributed by atoms with Crippen molar-refractivity contribution in [3.05, 3.63) is 35.9 Å². The first-order valence-corrected chi connectivity index (χ1v) is 11.6. The summed E-state index contributed by atoms with van der Waals surface area (Å²) in [4.78, 5) is 23.1. The Kier molecular flexibility index (Phi) is 6.53. The number of aromatic nitrogens is 4. The van der Waals surface area contributed by atoms with E-state index in [0.29, 0.717) is 61.4 Å². The molecule has 180 valence electrons. The predicted octanol–water partition coefficient (Wildman–Crippen LogP) is 2.82. The van der Waals surface area contributed by atoms with E-state index in [4.69, 9.17) is 29.2 Å². The third-order valence-electron chi connectivity index (χ3n) is 6.30. The molecule has 10 heteroatoms. The lowest BCUT2D eigenvalue weighted by molar-refractivity contribution is 0.0973. The summed E-state index contributed by atoms with van der Waals surface area (Å²) in [5.74, 6) is 0.950. The first-order valence-electron chi connectivity index (χ1n) is 11.6. The van der Waals surface area contributed by atoms with Crippen LogP contribution in [0, 0.1) is 5.95 Å². The zero-order valence-electron chi connectivity index (χ0n) is 19.7. The van der Waals surface area contributed by atoms with Gasteiger partial charge in [0.25, 0.3) is 0 Å². The summed E-state index contributed by atoms with van der Waals surface area (Å²) >= 11 is 0. The van der Waals surface area contributed by atoms with E-state index in [0.717, 1.165) is 17.7 Å². The van der Waals surface area contributed by atoms with Crippen molar-refractivity contribution in [3.8, 4) is 11.3 Å². The molecule has 2 aliphatic rings. The molecular formula is C24H29FN6O3. The van der Waals surface area contributed by atoms with Gasteiger partial charge in [0.15, 0.2) is 5.65 Å². The van der Waals surface area contributed by atoms with Crippen LogP contribution in [0.1, 0.15) is 19.4 Å². The quantitative estimate of drug-likeness (QED) is 0.525. The summed E-state index contributed by atoms with van der Waals surface area (Å²) < 4.78 is 30.4. The number of hydrogen-bond acceptors (Lipinski definition) is 9. The third kappa shape index (κ3) is 4.40. The molecule has 34 heavy (non-hydrogen) atoms. The molecule has 0 bridgehead atoms. The molecule has 2 atom stereocenters. The standard InChI is InChI=1S/C24H29FN6O3/c1-15-12-33-8-6-30(15)23-19-4-5-20(17-10-18(14-32-3)21(25)26-11-17)27-22(19)28-24(29-23)31-7-9-34-13-16(31)2/h4-5,10-11,15-16H,6-9,12-14H2,1-3H3/t15-,16-/m0/s1. The van der Waals surface area contributed by atoms with Crippen LogP contribution in [0.2, 0.25) is 0 Å². The van der Waals surface area contributed by atoms with E-state index in [-0.39, 0.29) is 18.7 Å². The number of methoxy groups -OCH3 is 1. The largest absolute Gasteiger partial charge is 0.380 e. The van der Waals surface area contributed by atoms with Crippen molar-refractivity contribution in [1.82, 2.24) is 19.9 Å². The van der Waals surface area contributed by atoms with E-state index in [1.165, 1.54) is 13.3 Å². The van der Waals surface area contributed by atoms with Gasteiger partial charge in [-0.05, 0) is 32.0 Å². The molecule has 0 amide bonds. The van der Waals surface area contributed by atoms with Crippen LogP contribution in [0.15, 0.2) is 24.4 Å². The van der Waals surface area contributed by atoms with Gasteiger partial charge in [-0.2, -0.15) is 14.4 Å². The first kappa shape index (κ1) is 22.8. The summed E-state index contributed by atoms with van der Waals surface area (Å²) in [5, 5.41) is 0.870. The maximum absolute atomic E-state index is 14.1. The fourth-order valence-corrected chi connectivity index (χ4v) is 4.45. The number of hydrogen-bond donors (Lipinski definition) is 0. The Morgan fingerprint density at radius 2 is 1.76 bits per heavy atom. The van der Waals surface area contributed by atoms with Gasteiger partial charge in [-0.25, -0.2) is 9.97 Å². The molecule has 0 aliphatic carbocycles. The van der Waals surface area contributed by atoms with Gasteiger partial charge >= 0.3 is 0 Å². The maximum Gasteiger partial charge on any atom is 0.229 e. The van der Waals surface area contributed by atoms with Gasteiger partial charge in [0.05, 0.1) is 56.2 Å². The van der Waals surface area contributed by atoms with Gasteiger partial charge in [-0.3, -0.25) is 0 Å². The Morgan fingerprint density at radius 1 is 1.03 bits per heavy atom. The highest BCUT2D eigenvalue weighted by atomic mass is 19.1. The minimum absolute atomic E-state index is 0.139. The Hall–Kier alpha value is -2.95. The molecule has 5 heterocycles. The van der Waals surface area contributed by atoms with Crippen LogP contribution < -0.4 is 9.80 Å². The Labute approximate surface area is 197 Å². The monoisotopic (exact) mass is 468 g/mol. The second-order valence-corrected chi connectivity index (χ2v) is 8.76. The van der Waals surface area contributed by atoms with Crippen LogP contribution in [0.5, 0.6) is 0 Å². The predicted molar refractivity (Wildman–Crippen MR) is 126 cm³/mol. The van der Waals surface area contributed by atoms with Crippen molar-refractivity contribution in [2.24, 2.45) is 0 Å². The zero-order valence-corrected chi connectivity index (χ0v) is 19.7. The highest BCUT2D eigenvalue weighted by Crippen LogP contribution is 2.31. The molecule has 0 saturated carbocycles. The number of anilines is 2. The zero-order chi connectivity index (χ0) is 23.7. The smallest absolute Gasteiger partial charge is 0.229 e. The van der Waals surface area contributed by atoms with Crippen molar-refractivity contribution in [1.29, 1.82) is 0 Å². The van der Waals surface area contributed by atoms with Crippen molar-refractivity contribution in [2.45, 2.75) is 32.5 Å². The lowest BCUT2D eigenvalue weighted by Gasteiger charge is -2.37. The van der Waals surface area contributed by atoms with Gasteiger partial charge < -0.3 is 24.0 Å². The fourth-order valence-electron chi connectivity index (χ4n) is 4.45. The summed E-state index contributed by atoms with van der Waals surface area (Å²) in [5.41, 5.74) is 2.34. The topological polar surface area (TPSA) is 85.7 Å². The Bertz CT molecular complexity index is 1180. The number of ether oxygens (including phenoxy) is 3. The number of morpholine rings is 2. The Morgan fingerprint density at radius 3 is 2.47 bits per heavy atom. The van der Waals surface area contributed by atoms with Crippen LogP contribution in [-0.2, 0) is 20.8 Å². The van der Waals surface area contributed by atoms with Crippen molar-refractivity contribution >= 4 is 22.8 Å². The summed E-state index contributed by atoms with van der Waals surface area (Å²) in [7, 11) is 1.53. The second-order valence-electron chi connectivity index (χ2n) is 8.76. The number of fused-ring (bicyclic) bond motifs is 1. The van der Waals surface area contributed by atoms with Gasteiger partial charge in [0.2, 0.25) is 11.9 Å². The molecule has 0 aromatic carbocycles. The van der Waals surface area contributed by atoms with Gasteiger partial charge in [-0.1, -0.05) is 0 Å². The normalized spacial score (nSPS) is 21.3. The van der Waals surface area contributed by atoms with E-state index < -0.39 is 5.95 Å². The van der Waals surface area contributed by atoms with Crippen molar-refractivity contribution < 1.29 is 18.6 Å². The van der Waals surface area contributed by atoms with Crippen molar-refractivity contribution in [3.63, 3.8) is 0 Å². The number of nitrogens with zero attached hydrogens (tertiary/aromatic N) is 6. The fraction of sp³-hybridized carbons (Fsp3) is 0.500.